The highest BCUT2D eigenvalue weighted by Gasteiger charge is 2.48. The number of ether oxygens (including phenoxy) is 2. The minimum absolute atomic E-state index is 0.0220. The Kier molecular flexibility index (Phi) is 7.25. The molecule has 4 rings (SSSR count). The molecule has 0 radical (unpaired) electrons. The number of thiazole rings is 1. The van der Waals surface area contributed by atoms with E-state index in [1.54, 1.807) is 43.3 Å². The number of aliphatic hydroxyl groups is 1. The summed E-state index contributed by atoms with van der Waals surface area (Å²) >= 11 is 0.934. The summed E-state index contributed by atoms with van der Waals surface area (Å²) in [5.41, 5.74) is 1.14. The van der Waals surface area contributed by atoms with Gasteiger partial charge < -0.3 is 14.6 Å². The van der Waals surface area contributed by atoms with Crippen molar-refractivity contribution in [2.45, 2.75) is 19.9 Å². The standard InChI is InChI=1S/C26H23N3O6S/c1-4-14-35-25(33)23-15(3)28-26(36-23)29-20(16-6-8-18(9-7-16)34-5-2)19(22(31)24(29)32)21(30)17-10-12-27-13-11-17/h4,6-13,20,30H,1,5,14H2,2-3H3/b21-19+. The van der Waals surface area contributed by atoms with E-state index in [9.17, 15) is 19.5 Å². The number of carbonyl (C=O) groups is 3. The minimum Gasteiger partial charge on any atom is -0.507 e. The Morgan fingerprint density at radius 1 is 1.19 bits per heavy atom. The van der Waals surface area contributed by atoms with Gasteiger partial charge in [0, 0.05) is 18.0 Å². The second-order valence-corrected chi connectivity index (χ2v) is 8.68. The molecule has 0 bridgehead atoms. The van der Waals surface area contributed by atoms with Gasteiger partial charge in [-0.2, -0.15) is 0 Å². The molecular weight excluding hydrogens is 482 g/mol. The van der Waals surface area contributed by atoms with Crippen LogP contribution in [0, 0.1) is 6.92 Å². The Balaban J connectivity index is 1.86. The van der Waals surface area contributed by atoms with Crippen molar-refractivity contribution >= 4 is 39.9 Å². The first kappa shape index (κ1) is 24.8. The van der Waals surface area contributed by atoms with Crippen molar-refractivity contribution in [2.75, 3.05) is 18.1 Å². The molecule has 1 saturated heterocycles. The molecule has 10 heteroatoms. The van der Waals surface area contributed by atoms with Crippen LogP contribution in [0.3, 0.4) is 0 Å². The van der Waals surface area contributed by atoms with Crippen LogP contribution < -0.4 is 9.64 Å². The monoisotopic (exact) mass is 505 g/mol. The van der Waals surface area contributed by atoms with Gasteiger partial charge in [-0.1, -0.05) is 36.1 Å². The Bertz CT molecular complexity index is 1350. The Morgan fingerprint density at radius 2 is 1.89 bits per heavy atom. The summed E-state index contributed by atoms with van der Waals surface area (Å²) < 4.78 is 10.6. The van der Waals surface area contributed by atoms with E-state index in [1.165, 1.54) is 23.4 Å². The van der Waals surface area contributed by atoms with Gasteiger partial charge in [0.1, 0.15) is 23.0 Å². The molecule has 36 heavy (non-hydrogen) atoms. The Hall–Kier alpha value is -4.31. The molecule has 1 atom stereocenters. The van der Waals surface area contributed by atoms with Crippen LogP contribution in [-0.4, -0.2) is 45.9 Å². The summed E-state index contributed by atoms with van der Waals surface area (Å²) in [4.78, 5) is 48.8. The number of aryl methyl sites for hydroxylation is 1. The second-order valence-electron chi connectivity index (χ2n) is 7.71. The van der Waals surface area contributed by atoms with E-state index in [1.807, 2.05) is 6.92 Å². The highest BCUT2D eigenvalue weighted by molar-refractivity contribution is 7.17. The smallest absolute Gasteiger partial charge is 0.350 e. The molecule has 3 heterocycles. The van der Waals surface area contributed by atoms with Gasteiger partial charge in [0.25, 0.3) is 5.78 Å². The van der Waals surface area contributed by atoms with Crippen LogP contribution in [0.15, 0.2) is 67.0 Å². The first-order chi connectivity index (χ1) is 17.4. The number of esters is 1. The summed E-state index contributed by atoms with van der Waals surface area (Å²) in [7, 11) is 0. The number of pyridine rings is 1. The molecule has 0 saturated carbocycles. The lowest BCUT2D eigenvalue weighted by atomic mass is 9.95. The average Bonchev–Trinajstić information content (AvgIpc) is 3.40. The number of Topliss-reactive ketones (excluding diaryl/α,β-unsaturated/α-hetero) is 1. The van der Waals surface area contributed by atoms with E-state index in [2.05, 4.69) is 16.5 Å². The van der Waals surface area contributed by atoms with Gasteiger partial charge in [-0.05, 0) is 43.7 Å². The van der Waals surface area contributed by atoms with Gasteiger partial charge in [0.2, 0.25) is 0 Å². The predicted octanol–water partition coefficient (Wildman–Crippen LogP) is 4.21. The van der Waals surface area contributed by atoms with Crippen LogP contribution in [0.5, 0.6) is 5.75 Å². The molecule has 9 nitrogen and oxygen atoms in total. The van der Waals surface area contributed by atoms with Crippen molar-refractivity contribution in [3.63, 3.8) is 0 Å². The highest BCUT2D eigenvalue weighted by atomic mass is 32.1. The molecule has 3 aromatic rings. The molecule has 2 aromatic heterocycles. The van der Waals surface area contributed by atoms with E-state index < -0.39 is 23.7 Å². The van der Waals surface area contributed by atoms with Crippen molar-refractivity contribution in [3.8, 4) is 5.75 Å². The third-order valence-electron chi connectivity index (χ3n) is 5.41. The van der Waals surface area contributed by atoms with Crippen LogP contribution in [-0.2, 0) is 14.3 Å². The quantitative estimate of drug-likeness (QED) is 0.159. The number of amides is 1. The largest absolute Gasteiger partial charge is 0.507 e. The molecule has 184 valence electrons. The molecule has 0 spiro atoms. The van der Waals surface area contributed by atoms with Crippen molar-refractivity contribution in [2.24, 2.45) is 0 Å². The number of aromatic nitrogens is 2. The molecule has 1 aromatic carbocycles. The van der Waals surface area contributed by atoms with E-state index >= 15 is 0 Å². The van der Waals surface area contributed by atoms with E-state index in [-0.39, 0.29) is 27.9 Å². The molecular formula is C26H23N3O6S. The number of aliphatic hydroxyl groups excluding tert-OH is 1. The summed E-state index contributed by atoms with van der Waals surface area (Å²) in [6.45, 7) is 7.50. The van der Waals surface area contributed by atoms with Gasteiger partial charge in [-0.3, -0.25) is 19.5 Å². The lowest BCUT2D eigenvalue weighted by Gasteiger charge is -2.23. The van der Waals surface area contributed by atoms with Crippen LogP contribution in [0.1, 0.15) is 39.5 Å². The number of anilines is 1. The van der Waals surface area contributed by atoms with E-state index in [4.69, 9.17) is 9.47 Å². The third-order valence-corrected chi connectivity index (χ3v) is 6.55. The molecule has 1 unspecified atom stereocenters. The number of hydrogen-bond acceptors (Lipinski definition) is 9. The maximum Gasteiger partial charge on any atom is 0.350 e. The van der Waals surface area contributed by atoms with Crippen LogP contribution in [0.25, 0.3) is 5.76 Å². The normalized spacial score (nSPS) is 16.7. The maximum atomic E-state index is 13.3. The van der Waals surface area contributed by atoms with Crippen molar-refractivity contribution in [1.29, 1.82) is 0 Å². The van der Waals surface area contributed by atoms with Crippen molar-refractivity contribution < 1.29 is 29.0 Å². The molecule has 1 aliphatic rings. The van der Waals surface area contributed by atoms with Crippen molar-refractivity contribution in [1.82, 2.24) is 9.97 Å². The van der Waals surface area contributed by atoms with Crippen LogP contribution in [0.2, 0.25) is 0 Å². The Labute approximate surface area is 211 Å². The second kappa shape index (κ2) is 10.5. The lowest BCUT2D eigenvalue weighted by molar-refractivity contribution is -0.132. The van der Waals surface area contributed by atoms with Gasteiger partial charge >= 0.3 is 11.9 Å². The SMILES string of the molecule is C=CCOC(=O)c1sc(N2C(=O)C(=O)/C(=C(/O)c3ccncc3)C2c2ccc(OCC)cc2)nc1C. The van der Waals surface area contributed by atoms with Gasteiger partial charge in [0.05, 0.1) is 23.9 Å². The summed E-state index contributed by atoms with van der Waals surface area (Å²) in [6.07, 6.45) is 4.39. The average molecular weight is 506 g/mol. The molecule has 1 N–H and O–H groups in total. The first-order valence-corrected chi connectivity index (χ1v) is 11.9. The van der Waals surface area contributed by atoms with Gasteiger partial charge in [0.15, 0.2) is 5.13 Å². The number of carbonyl (C=O) groups excluding carboxylic acids is 3. The molecule has 0 aliphatic carbocycles. The molecule has 1 amide bonds. The zero-order valence-electron chi connectivity index (χ0n) is 19.6. The maximum absolute atomic E-state index is 13.3. The number of rotatable bonds is 8. The Morgan fingerprint density at radius 3 is 2.53 bits per heavy atom. The van der Waals surface area contributed by atoms with E-state index in [0.29, 0.717) is 29.2 Å². The topological polar surface area (TPSA) is 119 Å². The number of benzene rings is 1. The van der Waals surface area contributed by atoms with Crippen LogP contribution >= 0.6 is 11.3 Å². The number of hydrogen-bond donors (Lipinski definition) is 1. The van der Waals surface area contributed by atoms with Crippen molar-refractivity contribution in [3.05, 3.63) is 88.7 Å². The zero-order valence-corrected chi connectivity index (χ0v) is 20.4. The minimum atomic E-state index is -0.989. The lowest BCUT2D eigenvalue weighted by Crippen LogP contribution is -2.29. The fourth-order valence-electron chi connectivity index (χ4n) is 3.80. The molecule has 1 aliphatic heterocycles. The van der Waals surface area contributed by atoms with Gasteiger partial charge in [-0.25, -0.2) is 9.78 Å². The fourth-order valence-corrected chi connectivity index (χ4v) is 4.79. The predicted molar refractivity (Wildman–Crippen MR) is 134 cm³/mol. The van der Waals surface area contributed by atoms with Crippen LogP contribution in [0.4, 0.5) is 5.13 Å². The number of nitrogens with zero attached hydrogens (tertiary/aromatic N) is 3. The highest BCUT2D eigenvalue weighted by Crippen LogP contribution is 2.44. The van der Waals surface area contributed by atoms with E-state index in [0.717, 1.165) is 11.3 Å². The summed E-state index contributed by atoms with van der Waals surface area (Å²) in [5.74, 6) is -2.07. The molecule has 1 fully saturated rings. The zero-order chi connectivity index (χ0) is 25.8. The summed E-state index contributed by atoms with van der Waals surface area (Å²) in [5, 5.41) is 11.2. The van der Waals surface area contributed by atoms with Gasteiger partial charge in [-0.15, -0.1) is 0 Å². The third kappa shape index (κ3) is 4.63. The fraction of sp³-hybridized carbons (Fsp3) is 0.192. The number of ketones is 1. The summed E-state index contributed by atoms with van der Waals surface area (Å²) in [6, 6.07) is 8.96. The first-order valence-electron chi connectivity index (χ1n) is 11.1.